The van der Waals surface area contributed by atoms with Crippen LogP contribution < -0.4 is 14.4 Å². The molecule has 0 bridgehead atoms. The third kappa shape index (κ3) is 5.61. The van der Waals surface area contributed by atoms with Gasteiger partial charge in [0.15, 0.2) is 0 Å². The van der Waals surface area contributed by atoms with Crippen molar-refractivity contribution >= 4 is 38.2 Å². The third-order valence-corrected chi connectivity index (χ3v) is 8.60. The highest BCUT2D eigenvalue weighted by molar-refractivity contribution is 7.90. The average Bonchev–Trinajstić information content (AvgIpc) is 3.23. The topological polar surface area (TPSA) is 133 Å². The number of amides is 1. The summed E-state index contributed by atoms with van der Waals surface area (Å²) >= 11 is 0. The molecule has 1 amide bonds. The maximum absolute atomic E-state index is 13.2. The molecule has 0 saturated carbocycles. The van der Waals surface area contributed by atoms with Gasteiger partial charge in [0.2, 0.25) is 5.91 Å². The number of morpholine rings is 1. The number of aromatic nitrogens is 1. The number of carbonyl (C=O) groups excluding carboxylic acids is 1. The molecule has 0 unspecified atom stereocenters. The van der Waals surface area contributed by atoms with Crippen molar-refractivity contribution in [2.24, 2.45) is 0 Å². The molecule has 0 spiro atoms. The van der Waals surface area contributed by atoms with Crippen LogP contribution in [0.2, 0.25) is 0 Å². The Morgan fingerprint density at radius 2 is 1.76 bits per heavy atom. The van der Waals surface area contributed by atoms with Crippen LogP contribution in [0.5, 0.6) is 5.75 Å². The van der Waals surface area contributed by atoms with Gasteiger partial charge in [-0.3, -0.25) is 14.9 Å². The van der Waals surface area contributed by atoms with Crippen molar-refractivity contribution in [3.63, 3.8) is 0 Å². The molecular formula is C29H30N4O7S. The summed E-state index contributed by atoms with van der Waals surface area (Å²) in [5.41, 5.74) is 4.20. The Bertz CT molecular complexity index is 1740. The van der Waals surface area contributed by atoms with Crippen LogP contribution in [0.1, 0.15) is 16.8 Å². The van der Waals surface area contributed by atoms with Gasteiger partial charge in [-0.15, -0.1) is 0 Å². The molecule has 0 aliphatic carbocycles. The van der Waals surface area contributed by atoms with Crippen molar-refractivity contribution < 1.29 is 27.6 Å². The minimum Gasteiger partial charge on any atom is -0.497 e. The maximum atomic E-state index is 13.2. The number of aryl methyl sites for hydroxylation is 1. The second-order valence-electron chi connectivity index (χ2n) is 9.83. The summed E-state index contributed by atoms with van der Waals surface area (Å²) in [6.07, 6.45) is -0.235. The standard InChI is InChI=1S/C29H30N4O7S/c1-19-4-6-21(7-5-19)32-20(2)24(25-16-22(39-3)8-10-26(25)32)18-29(34)30-41(37,38)23-9-11-27(28(17-23)33(35)36)31-12-14-40-15-13-31/h4-11,16-17H,12-15,18H2,1-3H3,(H,30,34). The molecule has 1 fully saturated rings. The summed E-state index contributed by atoms with van der Waals surface area (Å²) in [4.78, 5) is 25.8. The lowest BCUT2D eigenvalue weighted by Crippen LogP contribution is -2.36. The summed E-state index contributed by atoms with van der Waals surface area (Å²) in [6, 6.07) is 17.1. The summed E-state index contributed by atoms with van der Waals surface area (Å²) < 4.78 is 41.2. The number of benzene rings is 3. The van der Waals surface area contributed by atoms with Gasteiger partial charge in [-0.25, -0.2) is 13.1 Å². The molecule has 41 heavy (non-hydrogen) atoms. The molecule has 1 aromatic heterocycles. The Hall–Kier alpha value is -4.42. The van der Waals surface area contributed by atoms with E-state index < -0.39 is 20.9 Å². The van der Waals surface area contributed by atoms with E-state index in [2.05, 4.69) is 4.72 Å². The number of hydrogen-bond acceptors (Lipinski definition) is 8. The molecule has 214 valence electrons. The predicted octanol–water partition coefficient (Wildman–Crippen LogP) is 4.05. The average molecular weight is 579 g/mol. The number of ether oxygens (including phenoxy) is 2. The fourth-order valence-corrected chi connectivity index (χ4v) is 6.14. The molecule has 11 nitrogen and oxygen atoms in total. The van der Waals surface area contributed by atoms with Crippen LogP contribution in [0.4, 0.5) is 11.4 Å². The molecule has 1 saturated heterocycles. The predicted molar refractivity (Wildman–Crippen MR) is 154 cm³/mol. The summed E-state index contributed by atoms with van der Waals surface area (Å²) in [6.45, 7) is 5.60. The number of nitro groups is 1. The molecule has 5 rings (SSSR count). The zero-order chi connectivity index (χ0) is 29.3. The first kappa shape index (κ1) is 28.1. The Morgan fingerprint density at radius 1 is 1.05 bits per heavy atom. The molecular weight excluding hydrogens is 548 g/mol. The number of sulfonamides is 1. The Labute approximate surface area is 237 Å². The molecule has 4 aromatic rings. The summed E-state index contributed by atoms with van der Waals surface area (Å²) in [5.74, 6) is -0.167. The fraction of sp³-hybridized carbons (Fsp3) is 0.276. The second-order valence-corrected chi connectivity index (χ2v) is 11.5. The van der Waals surface area contributed by atoms with Crippen LogP contribution in [0.3, 0.4) is 0 Å². The zero-order valence-corrected chi connectivity index (χ0v) is 23.7. The van der Waals surface area contributed by atoms with Gasteiger partial charge in [-0.2, -0.15) is 0 Å². The number of hydrogen-bond donors (Lipinski definition) is 1. The lowest BCUT2D eigenvalue weighted by atomic mass is 10.1. The summed E-state index contributed by atoms with van der Waals surface area (Å²) in [5, 5.41) is 12.6. The molecule has 0 atom stereocenters. The normalized spacial score (nSPS) is 13.8. The Balaban J connectivity index is 1.46. The monoisotopic (exact) mass is 578 g/mol. The van der Waals surface area contributed by atoms with Gasteiger partial charge in [-0.05, 0) is 61.9 Å². The largest absolute Gasteiger partial charge is 0.497 e. The molecule has 1 N–H and O–H groups in total. The number of anilines is 1. The van der Waals surface area contributed by atoms with E-state index in [0.717, 1.165) is 33.9 Å². The van der Waals surface area contributed by atoms with E-state index in [9.17, 15) is 23.3 Å². The van der Waals surface area contributed by atoms with Crippen molar-refractivity contribution in [3.05, 3.63) is 87.6 Å². The van der Waals surface area contributed by atoms with Crippen LogP contribution in [0.25, 0.3) is 16.6 Å². The van der Waals surface area contributed by atoms with Crippen LogP contribution in [0.15, 0.2) is 65.6 Å². The lowest BCUT2D eigenvalue weighted by Gasteiger charge is -2.28. The maximum Gasteiger partial charge on any atom is 0.293 e. The Morgan fingerprint density at radius 3 is 2.41 bits per heavy atom. The fourth-order valence-electron chi connectivity index (χ4n) is 5.13. The van der Waals surface area contributed by atoms with Crippen molar-refractivity contribution in [1.82, 2.24) is 9.29 Å². The minimum atomic E-state index is -4.39. The number of methoxy groups -OCH3 is 1. The molecule has 3 aromatic carbocycles. The van der Waals surface area contributed by atoms with Crippen LogP contribution >= 0.6 is 0 Å². The first-order chi connectivity index (χ1) is 19.6. The number of nitrogens with one attached hydrogen (secondary N) is 1. The second kappa shape index (κ2) is 11.2. The van der Waals surface area contributed by atoms with Crippen molar-refractivity contribution in [2.45, 2.75) is 25.2 Å². The van der Waals surface area contributed by atoms with Gasteiger partial charge < -0.3 is 18.9 Å². The van der Waals surface area contributed by atoms with E-state index in [1.807, 2.05) is 60.9 Å². The third-order valence-electron chi connectivity index (χ3n) is 7.23. The van der Waals surface area contributed by atoms with Gasteiger partial charge in [-0.1, -0.05) is 17.7 Å². The van der Waals surface area contributed by atoms with E-state index in [-0.39, 0.29) is 17.0 Å². The van der Waals surface area contributed by atoms with Crippen LogP contribution in [-0.2, 0) is 26.0 Å². The Kier molecular flexibility index (Phi) is 7.70. The number of carbonyl (C=O) groups is 1. The molecule has 2 heterocycles. The number of fused-ring (bicyclic) bond motifs is 1. The molecule has 0 radical (unpaired) electrons. The van der Waals surface area contributed by atoms with E-state index in [4.69, 9.17) is 9.47 Å². The highest BCUT2D eigenvalue weighted by atomic mass is 32.2. The lowest BCUT2D eigenvalue weighted by molar-refractivity contribution is -0.384. The van der Waals surface area contributed by atoms with Gasteiger partial charge in [0.1, 0.15) is 11.4 Å². The molecule has 1 aliphatic heterocycles. The zero-order valence-electron chi connectivity index (χ0n) is 22.9. The van der Waals surface area contributed by atoms with Crippen molar-refractivity contribution in [2.75, 3.05) is 38.3 Å². The van der Waals surface area contributed by atoms with Gasteiger partial charge in [0.25, 0.3) is 15.7 Å². The SMILES string of the molecule is COc1ccc2c(c1)c(CC(=O)NS(=O)(=O)c1ccc(N3CCOCC3)c([N+](=O)[O-])c1)c(C)n2-c1ccc(C)cc1. The van der Waals surface area contributed by atoms with Crippen molar-refractivity contribution in [3.8, 4) is 11.4 Å². The number of nitro benzene ring substituents is 1. The minimum absolute atomic E-state index is 0.235. The van der Waals surface area contributed by atoms with Crippen LogP contribution in [0, 0.1) is 24.0 Å². The smallest absolute Gasteiger partial charge is 0.293 e. The highest BCUT2D eigenvalue weighted by Crippen LogP contribution is 2.34. The van der Waals surface area contributed by atoms with Crippen LogP contribution in [-0.4, -0.2) is 57.2 Å². The highest BCUT2D eigenvalue weighted by Gasteiger charge is 2.27. The van der Waals surface area contributed by atoms with Gasteiger partial charge in [0.05, 0.1) is 42.1 Å². The van der Waals surface area contributed by atoms with E-state index >= 15 is 0 Å². The number of rotatable bonds is 8. The van der Waals surface area contributed by atoms with Crippen molar-refractivity contribution in [1.29, 1.82) is 0 Å². The first-order valence-corrected chi connectivity index (χ1v) is 14.5. The van der Waals surface area contributed by atoms with E-state index in [0.29, 0.717) is 43.3 Å². The van der Waals surface area contributed by atoms with Gasteiger partial charge in [0, 0.05) is 35.9 Å². The van der Waals surface area contributed by atoms with E-state index in [1.165, 1.54) is 12.1 Å². The quantitative estimate of drug-likeness (QED) is 0.245. The first-order valence-electron chi connectivity index (χ1n) is 13.0. The summed E-state index contributed by atoms with van der Waals surface area (Å²) in [7, 11) is -2.84. The van der Waals surface area contributed by atoms with E-state index in [1.54, 1.807) is 12.0 Å². The van der Waals surface area contributed by atoms with Gasteiger partial charge >= 0.3 is 0 Å². The molecule has 12 heteroatoms. The molecule has 1 aliphatic rings. The number of nitrogens with zero attached hydrogens (tertiary/aromatic N) is 3.